The van der Waals surface area contributed by atoms with Crippen LogP contribution in [0.5, 0.6) is 11.5 Å². The molecular weight excluding hydrogens is 272 g/mol. The van der Waals surface area contributed by atoms with Crippen LogP contribution >= 0.6 is 0 Å². The second-order valence-corrected chi connectivity index (χ2v) is 4.81. The lowest BCUT2D eigenvalue weighted by atomic mass is 10.1. The van der Waals surface area contributed by atoms with Gasteiger partial charge in [0.1, 0.15) is 23.9 Å². The van der Waals surface area contributed by atoms with Gasteiger partial charge < -0.3 is 14.8 Å². The summed E-state index contributed by atoms with van der Waals surface area (Å²) in [6.07, 6.45) is 2.26. The lowest BCUT2D eigenvalue weighted by Crippen LogP contribution is -2.14. The Balaban J connectivity index is 1.90. The fraction of sp³-hybridized carbons (Fsp3) is 0.357. The molecule has 1 aliphatic heterocycles. The number of aromatic amines is 1. The lowest BCUT2D eigenvalue weighted by molar-refractivity contribution is 0.101. The maximum absolute atomic E-state index is 12.1. The Hall–Kier alpha value is -2.57. The van der Waals surface area contributed by atoms with Gasteiger partial charge in [-0.15, -0.1) is 0 Å². The molecule has 0 spiro atoms. The number of nitrogens with one attached hydrogen (secondary N) is 2. The van der Waals surface area contributed by atoms with Gasteiger partial charge >= 0.3 is 0 Å². The topological polar surface area (TPSA) is 89.1 Å². The highest BCUT2D eigenvalue weighted by Crippen LogP contribution is 2.38. The van der Waals surface area contributed by atoms with Gasteiger partial charge in [0.2, 0.25) is 5.82 Å². The van der Waals surface area contributed by atoms with E-state index in [1.807, 2.05) is 19.9 Å². The van der Waals surface area contributed by atoms with Gasteiger partial charge in [-0.05, 0) is 19.9 Å². The third-order valence-electron chi connectivity index (χ3n) is 3.18. The minimum absolute atomic E-state index is 0.134. The van der Waals surface area contributed by atoms with Gasteiger partial charge in [0, 0.05) is 18.1 Å². The molecule has 1 aromatic carbocycles. The molecule has 0 radical (unpaired) electrons. The molecule has 0 fully saturated rings. The average Bonchev–Trinajstić information content (AvgIpc) is 3.07. The van der Waals surface area contributed by atoms with Gasteiger partial charge in [0.05, 0.1) is 12.3 Å². The van der Waals surface area contributed by atoms with E-state index in [1.54, 1.807) is 6.07 Å². The average molecular weight is 288 g/mol. The molecule has 0 saturated heterocycles. The van der Waals surface area contributed by atoms with Crippen molar-refractivity contribution in [2.75, 3.05) is 11.9 Å². The Morgan fingerprint density at radius 2 is 2.43 bits per heavy atom. The van der Waals surface area contributed by atoms with E-state index in [2.05, 4.69) is 20.5 Å². The SMILES string of the molecule is CCOc1cc2c(cc1NC(=O)c1ncn[nH]1)OC(C)C2. The van der Waals surface area contributed by atoms with Gasteiger partial charge in [-0.25, -0.2) is 4.98 Å². The molecule has 1 aliphatic rings. The zero-order valence-electron chi connectivity index (χ0n) is 11.8. The van der Waals surface area contributed by atoms with E-state index in [1.165, 1.54) is 6.33 Å². The minimum Gasteiger partial charge on any atom is -0.492 e. The van der Waals surface area contributed by atoms with Crippen LogP contribution in [0.2, 0.25) is 0 Å². The number of ether oxygens (including phenoxy) is 2. The molecule has 7 nitrogen and oxygen atoms in total. The van der Waals surface area contributed by atoms with Crippen molar-refractivity contribution in [1.82, 2.24) is 15.2 Å². The van der Waals surface area contributed by atoms with E-state index in [4.69, 9.17) is 9.47 Å². The number of rotatable bonds is 4. The third kappa shape index (κ3) is 2.67. The van der Waals surface area contributed by atoms with Gasteiger partial charge in [-0.2, -0.15) is 5.10 Å². The maximum atomic E-state index is 12.1. The highest BCUT2D eigenvalue weighted by atomic mass is 16.5. The number of carbonyl (C=O) groups excluding carboxylic acids is 1. The number of hydrogen-bond donors (Lipinski definition) is 2. The molecule has 0 aliphatic carbocycles. The van der Waals surface area contributed by atoms with E-state index in [-0.39, 0.29) is 17.8 Å². The first-order valence-electron chi connectivity index (χ1n) is 6.80. The molecule has 1 aromatic heterocycles. The summed E-state index contributed by atoms with van der Waals surface area (Å²) in [5.41, 5.74) is 1.65. The van der Waals surface area contributed by atoms with Gasteiger partial charge in [-0.1, -0.05) is 0 Å². The summed E-state index contributed by atoms with van der Waals surface area (Å²) in [5.74, 6) is 1.17. The number of carbonyl (C=O) groups is 1. The molecule has 2 N–H and O–H groups in total. The normalized spacial score (nSPS) is 16.2. The van der Waals surface area contributed by atoms with Crippen molar-refractivity contribution < 1.29 is 14.3 Å². The maximum Gasteiger partial charge on any atom is 0.293 e. The standard InChI is InChI=1S/C14H16N4O3/c1-3-20-12-5-9-4-8(2)21-11(9)6-10(12)17-14(19)13-15-7-16-18-13/h5-8H,3-4H2,1-2H3,(H,17,19)(H,15,16,18). The van der Waals surface area contributed by atoms with Crippen molar-refractivity contribution in [3.8, 4) is 11.5 Å². The van der Waals surface area contributed by atoms with Gasteiger partial charge in [0.25, 0.3) is 5.91 Å². The molecule has 3 rings (SSSR count). The van der Waals surface area contributed by atoms with Crippen molar-refractivity contribution in [2.45, 2.75) is 26.4 Å². The molecule has 7 heteroatoms. The third-order valence-corrected chi connectivity index (χ3v) is 3.18. The smallest absolute Gasteiger partial charge is 0.293 e. The molecule has 2 aromatic rings. The van der Waals surface area contributed by atoms with E-state index in [0.29, 0.717) is 18.0 Å². The van der Waals surface area contributed by atoms with Crippen LogP contribution in [0.1, 0.15) is 30.0 Å². The quantitative estimate of drug-likeness (QED) is 0.895. The van der Waals surface area contributed by atoms with Gasteiger partial charge in [0.15, 0.2) is 0 Å². The number of anilines is 1. The molecule has 2 heterocycles. The molecule has 110 valence electrons. The van der Waals surface area contributed by atoms with Crippen LogP contribution in [0, 0.1) is 0 Å². The Bertz CT molecular complexity index is 654. The van der Waals surface area contributed by atoms with E-state index >= 15 is 0 Å². The number of aromatic nitrogens is 3. The van der Waals surface area contributed by atoms with E-state index < -0.39 is 0 Å². The first-order chi connectivity index (χ1) is 10.2. The first-order valence-corrected chi connectivity index (χ1v) is 6.80. The van der Waals surface area contributed by atoms with E-state index in [9.17, 15) is 4.79 Å². The second-order valence-electron chi connectivity index (χ2n) is 4.81. The van der Waals surface area contributed by atoms with Crippen molar-refractivity contribution in [2.24, 2.45) is 0 Å². The van der Waals surface area contributed by atoms with Crippen molar-refractivity contribution in [3.63, 3.8) is 0 Å². The number of fused-ring (bicyclic) bond motifs is 1. The summed E-state index contributed by atoms with van der Waals surface area (Å²) in [4.78, 5) is 15.9. The second kappa shape index (κ2) is 5.43. The predicted octanol–water partition coefficient (Wildman–Crippen LogP) is 1.78. The fourth-order valence-corrected chi connectivity index (χ4v) is 2.31. The van der Waals surface area contributed by atoms with Crippen LogP contribution in [0.15, 0.2) is 18.5 Å². The Kier molecular flexibility index (Phi) is 3.47. The Morgan fingerprint density at radius 3 is 3.14 bits per heavy atom. The van der Waals surface area contributed by atoms with E-state index in [0.717, 1.165) is 17.7 Å². The van der Waals surface area contributed by atoms with Crippen LogP contribution < -0.4 is 14.8 Å². The number of hydrogen-bond acceptors (Lipinski definition) is 5. The summed E-state index contributed by atoms with van der Waals surface area (Å²) in [7, 11) is 0. The summed E-state index contributed by atoms with van der Waals surface area (Å²) in [6, 6.07) is 3.70. The van der Waals surface area contributed by atoms with Crippen molar-refractivity contribution >= 4 is 11.6 Å². The summed E-state index contributed by atoms with van der Waals surface area (Å²) in [5, 5.41) is 8.95. The molecule has 21 heavy (non-hydrogen) atoms. The molecule has 1 unspecified atom stereocenters. The van der Waals surface area contributed by atoms with Crippen LogP contribution in [-0.4, -0.2) is 33.8 Å². The molecule has 1 atom stereocenters. The van der Waals surface area contributed by atoms with Crippen LogP contribution in [0.4, 0.5) is 5.69 Å². The first kappa shape index (κ1) is 13.4. The minimum atomic E-state index is -0.376. The number of amides is 1. The van der Waals surface area contributed by atoms with Crippen LogP contribution in [0.3, 0.4) is 0 Å². The zero-order valence-corrected chi connectivity index (χ0v) is 11.8. The molecule has 0 bridgehead atoms. The van der Waals surface area contributed by atoms with Crippen molar-refractivity contribution in [1.29, 1.82) is 0 Å². The largest absolute Gasteiger partial charge is 0.492 e. The summed E-state index contributed by atoms with van der Waals surface area (Å²) < 4.78 is 11.3. The molecular formula is C14H16N4O3. The lowest BCUT2D eigenvalue weighted by Gasteiger charge is -2.12. The molecule has 0 saturated carbocycles. The predicted molar refractivity (Wildman–Crippen MR) is 75.7 cm³/mol. The van der Waals surface area contributed by atoms with Crippen molar-refractivity contribution in [3.05, 3.63) is 29.8 Å². The number of nitrogens with zero attached hydrogens (tertiary/aromatic N) is 2. The fourth-order valence-electron chi connectivity index (χ4n) is 2.31. The van der Waals surface area contributed by atoms with Gasteiger partial charge in [-0.3, -0.25) is 9.89 Å². The molecule has 1 amide bonds. The Labute approximate surface area is 121 Å². The summed E-state index contributed by atoms with van der Waals surface area (Å²) in [6.45, 7) is 4.42. The zero-order chi connectivity index (χ0) is 14.8. The highest BCUT2D eigenvalue weighted by Gasteiger charge is 2.23. The number of H-pyrrole nitrogens is 1. The van der Waals surface area contributed by atoms with Crippen LogP contribution in [-0.2, 0) is 6.42 Å². The Morgan fingerprint density at radius 1 is 1.57 bits per heavy atom. The monoisotopic (exact) mass is 288 g/mol. The summed E-state index contributed by atoms with van der Waals surface area (Å²) >= 11 is 0. The highest BCUT2D eigenvalue weighted by molar-refractivity contribution is 6.02. The number of benzene rings is 1. The van der Waals surface area contributed by atoms with Crippen LogP contribution in [0.25, 0.3) is 0 Å².